The number of aliphatic hydroxyl groups excluding tert-OH is 1. The van der Waals surface area contributed by atoms with E-state index in [-0.39, 0.29) is 19.2 Å². The number of anilines is 1. The Kier molecular flexibility index (Phi) is 5.68. The molecule has 0 aromatic heterocycles. The van der Waals surface area contributed by atoms with Crippen molar-refractivity contribution in [2.24, 2.45) is 0 Å². The fourth-order valence-electron chi connectivity index (χ4n) is 2.51. The van der Waals surface area contributed by atoms with Crippen molar-refractivity contribution in [1.82, 2.24) is 10.6 Å². The first kappa shape index (κ1) is 14.7. The van der Waals surface area contributed by atoms with Gasteiger partial charge < -0.3 is 20.6 Å². The lowest BCUT2D eigenvalue weighted by molar-refractivity contribution is 0.234. The van der Waals surface area contributed by atoms with Gasteiger partial charge in [-0.1, -0.05) is 18.2 Å². The predicted molar refractivity (Wildman–Crippen MR) is 79.8 cm³/mol. The Morgan fingerprint density at radius 1 is 1.15 bits per heavy atom. The van der Waals surface area contributed by atoms with Gasteiger partial charge in [-0.25, -0.2) is 4.79 Å². The largest absolute Gasteiger partial charge is 0.395 e. The van der Waals surface area contributed by atoms with Crippen molar-refractivity contribution in [3.05, 3.63) is 29.8 Å². The number of nitrogens with zero attached hydrogens (tertiary/aromatic N) is 1. The molecule has 1 aliphatic heterocycles. The first-order valence-electron chi connectivity index (χ1n) is 7.26. The van der Waals surface area contributed by atoms with Gasteiger partial charge in [0.25, 0.3) is 0 Å². The normalized spacial score (nSPS) is 14.9. The minimum absolute atomic E-state index is 0.0439. The van der Waals surface area contributed by atoms with Gasteiger partial charge in [0.2, 0.25) is 0 Å². The van der Waals surface area contributed by atoms with Crippen LogP contribution >= 0.6 is 0 Å². The van der Waals surface area contributed by atoms with E-state index in [1.807, 2.05) is 12.1 Å². The topological polar surface area (TPSA) is 64.6 Å². The maximum absolute atomic E-state index is 11.5. The first-order valence-corrected chi connectivity index (χ1v) is 7.26. The number of hydrogen-bond donors (Lipinski definition) is 3. The summed E-state index contributed by atoms with van der Waals surface area (Å²) < 4.78 is 0. The lowest BCUT2D eigenvalue weighted by Gasteiger charge is -2.30. The van der Waals surface area contributed by atoms with Crippen LogP contribution in [-0.2, 0) is 6.54 Å². The molecular weight excluding hydrogens is 254 g/mol. The standard InChI is InChI=1S/C15H23N3O2/c19-11-8-16-15(20)17-12-13-6-2-3-7-14(13)18-9-4-1-5-10-18/h2-3,6-7,19H,1,4-5,8-12H2,(H2,16,17,20). The molecule has 1 fully saturated rings. The highest BCUT2D eigenvalue weighted by Gasteiger charge is 2.14. The summed E-state index contributed by atoms with van der Waals surface area (Å²) in [5.41, 5.74) is 2.35. The van der Waals surface area contributed by atoms with Crippen LogP contribution in [0.1, 0.15) is 24.8 Å². The number of rotatable bonds is 5. The van der Waals surface area contributed by atoms with Gasteiger partial charge in [0.15, 0.2) is 0 Å². The molecule has 0 aliphatic carbocycles. The van der Waals surface area contributed by atoms with Gasteiger partial charge in [-0.2, -0.15) is 0 Å². The SMILES string of the molecule is O=C(NCCO)NCc1ccccc1N1CCCCC1. The zero-order valence-electron chi connectivity index (χ0n) is 11.8. The molecule has 1 aromatic rings. The molecule has 3 N–H and O–H groups in total. The van der Waals surface area contributed by atoms with Crippen LogP contribution in [0.4, 0.5) is 10.5 Å². The van der Waals surface area contributed by atoms with Crippen LogP contribution in [-0.4, -0.2) is 37.4 Å². The molecule has 5 heteroatoms. The molecular formula is C15H23N3O2. The molecule has 20 heavy (non-hydrogen) atoms. The lowest BCUT2D eigenvalue weighted by atomic mass is 10.1. The molecule has 1 saturated heterocycles. The van der Waals surface area contributed by atoms with E-state index in [1.54, 1.807) is 0 Å². The highest BCUT2D eigenvalue weighted by atomic mass is 16.3. The number of carbonyl (C=O) groups excluding carboxylic acids is 1. The molecule has 0 atom stereocenters. The van der Waals surface area contributed by atoms with Crippen LogP contribution in [0.25, 0.3) is 0 Å². The minimum atomic E-state index is -0.243. The van der Waals surface area contributed by atoms with Gasteiger partial charge >= 0.3 is 6.03 Å². The van der Waals surface area contributed by atoms with Crippen LogP contribution in [0.5, 0.6) is 0 Å². The highest BCUT2D eigenvalue weighted by Crippen LogP contribution is 2.23. The molecule has 1 heterocycles. The first-order chi connectivity index (χ1) is 9.81. The Hall–Kier alpha value is -1.75. The molecule has 0 spiro atoms. The Morgan fingerprint density at radius 2 is 1.90 bits per heavy atom. The molecule has 1 aromatic carbocycles. The van der Waals surface area contributed by atoms with E-state index < -0.39 is 0 Å². The molecule has 5 nitrogen and oxygen atoms in total. The summed E-state index contributed by atoms with van der Waals surface area (Å²) in [7, 11) is 0. The van der Waals surface area contributed by atoms with Gasteiger partial charge in [0, 0.05) is 31.9 Å². The van der Waals surface area contributed by atoms with Crippen LogP contribution in [0.2, 0.25) is 0 Å². The highest BCUT2D eigenvalue weighted by molar-refractivity contribution is 5.74. The third-order valence-corrected chi connectivity index (χ3v) is 3.53. The number of piperidine rings is 1. The maximum Gasteiger partial charge on any atom is 0.315 e. The van der Waals surface area contributed by atoms with Gasteiger partial charge in [-0.15, -0.1) is 0 Å². The predicted octanol–water partition coefficient (Wildman–Crippen LogP) is 1.47. The van der Waals surface area contributed by atoms with Crippen molar-refractivity contribution in [3.63, 3.8) is 0 Å². The molecule has 110 valence electrons. The van der Waals surface area contributed by atoms with Crippen LogP contribution in [0.3, 0.4) is 0 Å². The number of hydrogen-bond acceptors (Lipinski definition) is 3. The summed E-state index contributed by atoms with van der Waals surface area (Å²) in [6, 6.07) is 7.96. The van der Waals surface area contributed by atoms with Gasteiger partial charge in [0.1, 0.15) is 0 Å². The second-order valence-electron chi connectivity index (χ2n) is 5.01. The summed E-state index contributed by atoms with van der Waals surface area (Å²) in [6.07, 6.45) is 3.78. The summed E-state index contributed by atoms with van der Waals surface area (Å²) in [5, 5.41) is 14.1. The average molecular weight is 277 g/mol. The number of para-hydroxylation sites is 1. The summed E-state index contributed by atoms with van der Waals surface area (Å²) >= 11 is 0. The van der Waals surface area contributed by atoms with Crippen molar-refractivity contribution in [2.75, 3.05) is 31.1 Å². The van der Waals surface area contributed by atoms with Crippen molar-refractivity contribution < 1.29 is 9.90 Å². The summed E-state index contributed by atoms with van der Waals surface area (Å²) in [5.74, 6) is 0. The van der Waals surface area contributed by atoms with E-state index in [9.17, 15) is 4.79 Å². The number of aliphatic hydroxyl groups is 1. The Balaban J connectivity index is 1.95. The Morgan fingerprint density at radius 3 is 2.65 bits per heavy atom. The van der Waals surface area contributed by atoms with Gasteiger partial charge in [0.05, 0.1) is 6.61 Å². The number of carbonyl (C=O) groups is 1. The van der Waals surface area contributed by atoms with Gasteiger partial charge in [-0.05, 0) is 30.9 Å². The fourth-order valence-corrected chi connectivity index (χ4v) is 2.51. The molecule has 0 saturated carbocycles. The maximum atomic E-state index is 11.5. The lowest BCUT2D eigenvalue weighted by Crippen LogP contribution is -2.37. The molecule has 0 radical (unpaired) electrons. The second kappa shape index (κ2) is 7.75. The van der Waals surface area contributed by atoms with Crippen LogP contribution in [0, 0.1) is 0 Å². The quantitative estimate of drug-likeness (QED) is 0.763. The number of urea groups is 1. The van der Waals surface area contributed by atoms with Gasteiger partial charge in [-0.3, -0.25) is 0 Å². The minimum Gasteiger partial charge on any atom is -0.395 e. The van der Waals surface area contributed by atoms with E-state index in [4.69, 9.17) is 5.11 Å². The third kappa shape index (κ3) is 4.13. The fraction of sp³-hybridized carbons (Fsp3) is 0.533. The van der Waals surface area contributed by atoms with E-state index in [0.717, 1.165) is 18.7 Å². The Bertz CT molecular complexity index is 431. The molecule has 2 rings (SSSR count). The monoisotopic (exact) mass is 277 g/mol. The zero-order valence-corrected chi connectivity index (χ0v) is 11.8. The molecule has 2 amide bonds. The van der Waals surface area contributed by atoms with E-state index >= 15 is 0 Å². The Labute approximate surface area is 120 Å². The van der Waals surface area contributed by atoms with E-state index in [1.165, 1.54) is 24.9 Å². The molecule has 0 unspecified atom stereocenters. The average Bonchev–Trinajstić information content (AvgIpc) is 2.52. The van der Waals surface area contributed by atoms with E-state index in [0.29, 0.717) is 6.54 Å². The van der Waals surface area contributed by atoms with Crippen molar-refractivity contribution in [1.29, 1.82) is 0 Å². The zero-order chi connectivity index (χ0) is 14.2. The molecule has 0 bridgehead atoms. The van der Waals surface area contributed by atoms with Crippen molar-refractivity contribution in [2.45, 2.75) is 25.8 Å². The number of amides is 2. The smallest absolute Gasteiger partial charge is 0.315 e. The van der Waals surface area contributed by atoms with E-state index in [2.05, 4.69) is 27.7 Å². The van der Waals surface area contributed by atoms with Crippen LogP contribution in [0.15, 0.2) is 24.3 Å². The van der Waals surface area contributed by atoms with Crippen molar-refractivity contribution >= 4 is 11.7 Å². The third-order valence-electron chi connectivity index (χ3n) is 3.53. The summed E-state index contributed by atoms with van der Waals surface area (Å²) in [4.78, 5) is 13.9. The second-order valence-corrected chi connectivity index (χ2v) is 5.01. The van der Waals surface area contributed by atoms with Crippen LogP contribution < -0.4 is 15.5 Å². The summed E-state index contributed by atoms with van der Waals surface area (Å²) in [6.45, 7) is 2.92. The number of nitrogens with one attached hydrogen (secondary N) is 2. The molecule has 1 aliphatic rings. The number of benzene rings is 1. The van der Waals surface area contributed by atoms with Crippen molar-refractivity contribution in [3.8, 4) is 0 Å².